The second-order valence-corrected chi connectivity index (χ2v) is 4.67. The summed E-state index contributed by atoms with van der Waals surface area (Å²) in [5.74, 6) is 1.58. The molecule has 2 nitrogen and oxygen atoms in total. The van der Waals surface area contributed by atoms with Crippen LogP contribution in [0.3, 0.4) is 0 Å². The first kappa shape index (κ1) is 9.69. The minimum atomic E-state index is -0.245. The fourth-order valence-corrected chi connectivity index (χ4v) is 2.02. The van der Waals surface area contributed by atoms with Gasteiger partial charge in [0, 0.05) is 0 Å². The summed E-state index contributed by atoms with van der Waals surface area (Å²) < 4.78 is 0. The minimum absolute atomic E-state index is 0.245. The standard InChI is InChI=1S/C10H19NO/c1-8(2)9-4-6-10(3,11-12)7-5-9/h8-9H,4-7H2,1-3H3. The summed E-state index contributed by atoms with van der Waals surface area (Å²) in [4.78, 5) is 10.5. The Labute approximate surface area is 74.7 Å². The van der Waals surface area contributed by atoms with Gasteiger partial charge in [-0.15, -0.1) is 0 Å². The van der Waals surface area contributed by atoms with Gasteiger partial charge in [-0.1, -0.05) is 19.0 Å². The molecular formula is C10H19NO. The first-order chi connectivity index (χ1) is 5.57. The third-order valence-corrected chi connectivity index (χ3v) is 3.27. The normalized spacial score (nSPS) is 36.8. The van der Waals surface area contributed by atoms with Gasteiger partial charge in [0.15, 0.2) is 0 Å². The molecule has 0 spiro atoms. The summed E-state index contributed by atoms with van der Waals surface area (Å²) in [6.07, 6.45) is 4.33. The molecule has 0 aromatic rings. The van der Waals surface area contributed by atoms with Crippen LogP contribution in [-0.2, 0) is 0 Å². The van der Waals surface area contributed by atoms with Gasteiger partial charge >= 0.3 is 0 Å². The highest BCUT2D eigenvalue weighted by molar-refractivity contribution is 4.89. The van der Waals surface area contributed by atoms with Crippen molar-refractivity contribution in [2.75, 3.05) is 0 Å². The van der Waals surface area contributed by atoms with Gasteiger partial charge in [0.2, 0.25) is 0 Å². The van der Waals surface area contributed by atoms with Crippen LogP contribution in [0.2, 0.25) is 0 Å². The van der Waals surface area contributed by atoms with Crippen LogP contribution in [0.5, 0.6) is 0 Å². The SMILES string of the molecule is CC(C)C1CCC(C)(N=O)CC1. The topological polar surface area (TPSA) is 29.4 Å². The number of nitroso groups, excluding NO2 is 1. The van der Waals surface area contributed by atoms with Crippen LogP contribution >= 0.6 is 0 Å². The Morgan fingerprint density at radius 1 is 1.33 bits per heavy atom. The molecular weight excluding hydrogens is 150 g/mol. The molecule has 0 aromatic heterocycles. The molecule has 1 rings (SSSR count). The molecule has 0 N–H and O–H groups in total. The van der Waals surface area contributed by atoms with Crippen molar-refractivity contribution in [2.45, 2.75) is 52.0 Å². The van der Waals surface area contributed by atoms with Crippen LogP contribution in [0.25, 0.3) is 0 Å². The highest BCUT2D eigenvalue weighted by Gasteiger charge is 2.32. The van der Waals surface area contributed by atoms with Gasteiger partial charge in [0.05, 0.1) is 5.54 Å². The fraction of sp³-hybridized carbons (Fsp3) is 1.00. The fourth-order valence-electron chi connectivity index (χ4n) is 2.02. The van der Waals surface area contributed by atoms with E-state index in [2.05, 4.69) is 19.0 Å². The molecule has 1 saturated carbocycles. The van der Waals surface area contributed by atoms with Crippen LogP contribution < -0.4 is 0 Å². The van der Waals surface area contributed by atoms with E-state index in [1.165, 1.54) is 12.8 Å². The average molecular weight is 169 g/mol. The first-order valence-corrected chi connectivity index (χ1v) is 4.92. The van der Waals surface area contributed by atoms with E-state index in [0.717, 1.165) is 24.7 Å². The molecule has 0 atom stereocenters. The van der Waals surface area contributed by atoms with E-state index in [1.807, 2.05) is 6.92 Å². The van der Waals surface area contributed by atoms with Crippen LogP contribution in [0.4, 0.5) is 0 Å². The van der Waals surface area contributed by atoms with Crippen LogP contribution in [0.15, 0.2) is 5.18 Å². The van der Waals surface area contributed by atoms with Gasteiger partial charge in [-0.3, -0.25) is 0 Å². The summed E-state index contributed by atoms with van der Waals surface area (Å²) in [6.45, 7) is 6.51. The smallest absolute Gasteiger partial charge is 0.0998 e. The lowest BCUT2D eigenvalue weighted by atomic mass is 9.74. The van der Waals surface area contributed by atoms with E-state index in [-0.39, 0.29) is 5.54 Å². The van der Waals surface area contributed by atoms with Crippen molar-refractivity contribution in [2.24, 2.45) is 17.0 Å². The van der Waals surface area contributed by atoms with Gasteiger partial charge in [-0.05, 0) is 44.4 Å². The van der Waals surface area contributed by atoms with Crippen molar-refractivity contribution in [3.63, 3.8) is 0 Å². The summed E-state index contributed by atoms with van der Waals surface area (Å²) in [5, 5.41) is 3.22. The zero-order valence-electron chi connectivity index (χ0n) is 8.34. The molecule has 12 heavy (non-hydrogen) atoms. The van der Waals surface area contributed by atoms with E-state index >= 15 is 0 Å². The number of rotatable bonds is 2. The van der Waals surface area contributed by atoms with Crippen LogP contribution in [0.1, 0.15) is 46.5 Å². The molecule has 0 bridgehead atoms. The summed E-state index contributed by atoms with van der Waals surface area (Å²) in [5.41, 5.74) is -0.245. The Bertz CT molecular complexity index is 157. The number of nitrogens with zero attached hydrogens (tertiary/aromatic N) is 1. The van der Waals surface area contributed by atoms with Crippen molar-refractivity contribution in [1.29, 1.82) is 0 Å². The van der Waals surface area contributed by atoms with Crippen molar-refractivity contribution >= 4 is 0 Å². The van der Waals surface area contributed by atoms with Gasteiger partial charge in [-0.2, -0.15) is 4.91 Å². The van der Waals surface area contributed by atoms with E-state index in [4.69, 9.17) is 0 Å². The van der Waals surface area contributed by atoms with Gasteiger partial charge in [-0.25, -0.2) is 0 Å². The molecule has 0 aromatic carbocycles. The largest absolute Gasteiger partial charge is 0.150 e. The maximum Gasteiger partial charge on any atom is 0.0998 e. The molecule has 1 fully saturated rings. The maximum absolute atomic E-state index is 10.5. The molecule has 0 saturated heterocycles. The molecule has 0 amide bonds. The molecule has 1 aliphatic rings. The molecule has 0 heterocycles. The highest BCUT2D eigenvalue weighted by Crippen LogP contribution is 2.37. The Morgan fingerprint density at radius 3 is 2.17 bits per heavy atom. The van der Waals surface area contributed by atoms with E-state index < -0.39 is 0 Å². The van der Waals surface area contributed by atoms with E-state index in [9.17, 15) is 4.91 Å². The van der Waals surface area contributed by atoms with Crippen molar-refractivity contribution in [3.05, 3.63) is 4.91 Å². The van der Waals surface area contributed by atoms with E-state index in [0.29, 0.717) is 0 Å². The summed E-state index contributed by atoms with van der Waals surface area (Å²) in [6, 6.07) is 0. The average Bonchev–Trinajstić information content (AvgIpc) is 2.05. The molecule has 0 unspecified atom stereocenters. The van der Waals surface area contributed by atoms with E-state index in [1.54, 1.807) is 0 Å². The van der Waals surface area contributed by atoms with Gasteiger partial charge < -0.3 is 0 Å². The highest BCUT2D eigenvalue weighted by atomic mass is 16.3. The monoisotopic (exact) mass is 169 g/mol. The second-order valence-electron chi connectivity index (χ2n) is 4.67. The molecule has 70 valence electrons. The van der Waals surface area contributed by atoms with Crippen LogP contribution in [0, 0.1) is 16.7 Å². The quantitative estimate of drug-likeness (QED) is 0.583. The lowest BCUT2D eigenvalue weighted by Crippen LogP contribution is -2.30. The number of hydrogen-bond acceptors (Lipinski definition) is 2. The summed E-state index contributed by atoms with van der Waals surface area (Å²) in [7, 11) is 0. The third-order valence-electron chi connectivity index (χ3n) is 3.27. The summed E-state index contributed by atoms with van der Waals surface area (Å²) >= 11 is 0. The maximum atomic E-state index is 10.5. The zero-order valence-corrected chi connectivity index (χ0v) is 8.34. The number of hydrogen-bond donors (Lipinski definition) is 0. The van der Waals surface area contributed by atoms with Gasteiger partial charge in [0.25, 0.3) is 0 Å². The third kappa shape index (κ3) is 2.05. The molecule has 2 heteroatoms. The molecule has 0 radical (unpaired) electrons. The lowest BCUT2D eigenvalue weighted by molar-refractivity contribution is 0.208. The molecule has 0 aliphatic heterocycles. The second kappa shape index (κ2) is 3.55. The molecule has 1 aliphatic carbocycles. The Hall–Kier alpha value is -0.400. The van der Waals surface area contributed by atoms with Crippen molar-refractivity contribution in [3.8, 4) is 0 Å². The lowest BCUT2D eigenvalue weighted by Gasteiger charge is -2.33. The predicted molar refractivity (Wildman–Crippen MR) is 51.0 cm³/mol. The van der Waals surface area contributed by atoms with Crippen molar-refractivity contribution < 1.29 is 0 Å². The van der Waals surface area contributed by atoms with Gasteiger partial charge in [0.1, 0.15) is 0 Å². The first-order valence-electron chi connectivity index (χ1n) is 4.92. The van der Waals surface area contributed by atoms with Crippen molar-refractivity contribution in [1.82, 2.24) is 0 Å². The predicted octanol–water partition coefficient (Wildman–Crippen LogP) is 3.36. The Balaban J connectivity index is 2.44. The Morgan fingerprint density at radius 2 is 1.83 bits per heavy atom. The Kier molecular flexibility index (Phi) is 2.86. The van der Waals surface area contributed by atoms with Crippen LogP contribution in [-0.4, -0.2) is 5.54 Å². The zero-order chi connectivity index (χ0) is 9.19. The minimum Gasteiger partial charge on any atom is -0.150 e.